The van der Waals surface area contributed by atoms with Crippen molar-refractivity contribution in [1.29, 1.82) is 0 Å². The lowest BCUT2D eigenvalue weighted by Crippen LogP contribution is -2.54. The van der Waals surface area contributed by atoms with Crippen LogP contribution in [0.25, 0.3) is 10.9 Å². The first-order valence-electron chi connectivity index (χ1n) is 15.2. The van der Waals surface area contributed by atoms with Crippen molar-refractivity contribution < 1.29 is 23.8 Å². The molecular formula is C34H47N3O5. The SMILES string of the molecule is COCCCCn1c(C(=O)N(C(C)C)[C@@H]2CCCN(C(=O)OC(C)(C)C)C2)c(OCc2ccccc2)c2ccccc21. The maximum Gasteiger partial charge on any atom is 0.410 e. The molecule has 228 valence electrons. The van der Waals surface area contributed by atoms with Gasteiger partial charge < -0.3 is 28.6 Å². The van der Waals surface area contributed by atoms with E-state index in [1.54, 1.807) is 12.0 Å². The summed E-state index contributed by atoms with van der Waals surface area (Å²) in [5.41, 5.74) is 2.00. The zero-order valence-corrected chi connectivity index (χ0v) is 26.1. The van der Waals surface area contributed by atoms with Crippen molar-refractivity contribution in [2.24, 2.45) is 0 Å². The molecule has 2 amide bonds. The van der Waals surface area contributed by atoms with Crippen molar-refractivity contribution in [3.8, 4) is 5.75 Å². The molecule has 8 nitrogen and oxygen atoms in total. The van der Waals surface area contributed by atoms with Gasteiger partial charge in [-0.3, -0.25) is 4.79 Å². The highest BCUT2D eigenvalue weighted by Gasteiger charge is 2.37. The maximum atomic E-state index is 14.8. The highest BCUT2D eigenvalue weighted by atomic mass is 16.6. The predicted molar refractivity (Wildman–Crippen MR) is 166 cm³/mol. The zero-order valence-electron chi connectivity index (χ0n) is 26.1. The Morgan fingerprint density at radius 2 is 1.74 bits per heavy atom. The summed E-state index contributed by atoms with van der Waals surface area (Å²) in [5, 5.41) is 0.922. The van der Waals surface area contributed by atoms with Crippen LogP contribution in [0.2, 0.25) is 0 Å². The summed E-state index contributed by atoms with van der Waals surface area (Å²) in [7, 11) is 1.71. The Morgan fingerprint density at radius 3 is 2.43 bits per heavy atom. The van der Waals surface area contributed by atoms with Crippen LogP contribution >= 0.6 is 0 Å². The van der Waals surface area contributed by atoms with Crippen LogP contribution in [0.1, 0.15) is 76.4 Å². The second-order valence-corrected chi connectivity index (χ2v) is 12.3. The number of rotatable bonds is 11. The summed E-state index contributed by atoms with van der Waals surface area (Å²) in [6.45, 7) is 12.5. The number of methoxy groups -OCH3 is 1. The fraction of sp³-hybridized carbons (Fsp3) is 0.529. The number of hydrogen-bond acceptors (Lipinski definition) is 5. The topological polar surface area (TPSA) is 73.2 Å². The summed E-state index contributed by atoms with van der Waals surface area (Å²) in [6.07, 6.45) is 3.04. The van der Waals surface area contributed by atoms with Gasteiger partial charge in [-0.15, -0.1) is 0 Å². The van der Waals surface area contributed by atoms with E-state index >= 15 is 0 Å². The summed E-state index contributed by atoms with van der Waals surface area (Å²) < 4.78 is 19.6. The number of aryl methyl sites for hydroxylation is 1. The smallest absolute Gasteiger partial charge is 0.410 e. The van der Waals surface area contributed by atoms with Crippen LogP contribution in [-0.4, -0.2) is 70.9 Å². The van der Waals surface area contributed by atoms with Crippen LogP contribution in [0.3, 0.4) is 0 Å². The van der Waals surface area contributed by atoms with Gasteiger partial charge in [0.25, 0.3) is 5.91 Å². The molecule has 1 aromatic heterocycles. The van der Waals surface area contributed by atoms with Gasteiger partial charge in [0.2, 0.25) is 0 Å². The number of para-hydroxylation sites is 1. The minimum Gasteiger partial charge on any atom is -0.486 e. The van der Waals surface area contributed by atoms with E-state index in [4.69, 9.17) is 14.2 Å². The molecular weight excluding hydrogens is 530 g/mol. The maximum absolute atomic E-state index is 14.8. The number of hydrogen-bond donors (Lipinski definition) is 0. The van der Waals surface area contributed by atoms with Gasteiger partial charge in [-0.1, -0.05) is 42.5 Å². The minimum absolute atomic E-state index is 0.0768. The predicted octanol–water partition coefficient (Wildman–Crippen LogP) is 6.90. The minimum atomic E-state index is -0.577. The molecule has 2 aromatic carbocycles. The quantitative estimate of drug-likeness (QED) is 0.232. The first kappa shape index (κ1) is 31.4. The van der Waals surface area contributed by atoms with Crippen LogP contribution in [0.5, 0.6) is 5.75 Å². The van der Waals surface area contributed by atoms with E-state index in [1.807, 2.05) is 88.0 Å². The number of carbonyl (C=O) groups is 2. The third-order valence-electron chi connectivity index (χ3n) is 7.57. The average Bonchev–Trinajstić information content (AvgIpc) is 3.27. The van der Waals surface area contributed by atoms with Gasteiger partial charge in [0.15, 0.2) is 11.4 Å². The second-order valence-electron chi connectivity index (χ2n) is 12.3. The number of amides is 2. The molecule has 1 aliphatic rings. The molecule has 3 aromatic rings. The Labute approximate surface area is 250 Å². The normalized spacial score (nSPS) is 15.7. The molecule has 8 heteroatoms. The van der Waals surface area contributed by atoms with Gasteiger partial charge in [0.05, 0.1) is 11.6 Å². The van der Waals surface area contributed by atoms with Crippen molar-refractivity contribution in [3.05, 3.63) is 65.9 Å². The monoisotopic (exact) mass is 577 g/mol. The highest BCUT2D eigenvalue weighted by Crippen LogP contribution is 2.36. The Hall–Kier alpha value is -3.52. The summed E-state index contributed by atoms with van der Waals surface area (Å²) >= 11 is 0. The molecule has 0 radical (unpaired) electrons. The van der Waals surface area contributed by atoms with E-state index in [2.05, 4.69) is 10.6 Å². The van der Waals surface area contributed by atoms with Crippen LogP contribution in [0.15, 0.2) is 54.6 Å². The lowest BCUT2D eigenvalue weighted by atomic mass is 10.0. The number of fused-ring (bicyclic) bond motifs is 1. The Balaban J connectivity index is 1.72. The molecule has 2 heterocycles. The number of nitrogens with zero attached hydrogens (tertiary/aromatic N) is 3. The van der Waals surface area contributed by atoms with Crippen LogP contribution in [0.4, 0.5) is 4.79 Å². The van der Waals surface area contributed by atoms with E-state index in [0.717, 1.165) is 42.1 Å². The summed E-state index contributed by atoms with van der Waals surface area (Å²) in [5.74, 6) is 0.531. The van der Waals surface area contributed by atoms with E-state index in [0.29, 0.717) is 44.3 Å². The molecule has 0 spiro atoms. The zero-order chi connectivity index (χ0) is 30.3. The third-order valence-corrected chi connectivity index (χ3v) is 7.57. The molecule has 1 atom stereocenters. The second kappa shape index (κ2) is 14.1. The van der Waals surface area contributed by atoms with Gasteiger partial charge in [-0.25, -0.2) is 4.79 Å². The third kappa shape index (κ3) is 7.65. The highest BCUT2D eigenvalue weighted by molar-refractivity contribution is 6.04. The fourth-order valence-corrected chi connectivity index (χ4v) is 5.73. The fourth-order valence-electron chi connectivity index (χ4n) is 5.73. The lowest BCUT2D eigenvalue weighted by molar-refractivity contribution is 0.00725. The van der Waals surface area contributed by atoms with Gasteiger partial charge in [-0.05, 0) is 78.0 Å². The van der Waals surface area contributed by atoms with Crippen molar-refractivity contribution in [2.75, 3.05) is 26.8 Å². The molecule has 1 fully saturated rings. The number of aromatic nitrogens is 1. The van der Waals surface area contributed by atoms with Gasteiger partial charge in [0, 0.05) is 44.8 Å². The molecule has 42 heavy (non-hydrogen) atoms. The Bertz CT molecular complexity index is 1330. The van der Waals surface area contributed by atoms with E-state index < -0.39 is 5.60 Å². The van der Waals surface area contributed by atoms with Crippen LogP contribution < -0.4 is 4.74 Å². The van der Waals surface area contributed by atoms with Gasteiger partial charge in [0.1, 0.15) is 12.2 Å². The Morgan fingerprint density at radius 1 is 1.02 bits per heavy atom. The largest absolute Gasteiger partial charge is 0.486 e. The van der Waals surface area contributed by atoms with Crippen LogP contribution in [0, 0.1) is 0 Å². The molecule has 0 saturated carbocycles. The molecule has 1 aliphatic heterocycles. The standard InChI is InChI=1S/C34H47N3O5/c1-25(2)37(27-17-14-20-35(23-27)33(39)42-34(3,4)5)32(38)30-31(41-24-26-15-8-7-9-16-26)28-18-10-11-19-29(28)36(30)21-12-13-22-40-6/h7-11,15-16,18-19,25,27H,12-14,17,20-24H2,1-6H3/t27-/m1/s1. The van der Waals surface area contributed by atoms with Crippen molar-refractivity contribution in [2.45, 2.75) is 91.1 Å². The first-order chi connectivity index (χ1) is 20.1. The molecule has 1 saturated heterocycles. The number of piperidine rings is 1. The number of likely N-dealkylation sites (tertiary alicyclic amines) is 1. The van der Waals surface area contributed by atoms with Crippen molar-refractivity contribution in [1.82, 2.24) is 14.4 Å². The van der Waals surface area contributed by atoms with E-state index in [-0.39, 0.29) is 24.1 Å². The summed E-state index contributed by atoms with van der Waals surface area (Å²) in [6, 6.07) is 17.9. The molecule has 0 aliphatic carbocycles. The molecule has 0 bridgehead atoms. The molecule has 4 rings (SSSR count). The Kier molecular flexibility index (Phi) is 10.5. The summed E-state index contributed by atoms with van der Waals surface area (Å²) in [4.78, 5) is 31.4. The van der Waals surface area contributed by atoms with Crippen LogP contribution in [-0.2, 0) is 22.6 Å². The number of ether oxygens (including phenoxy) is 3. The first-order valence-corrected chi connectivity index (χ1v) is 15.2. The van der Waals surface area contributed by atoms with Gasteiger partial charge >= 0.3 is 6.09 Å². The van der Waals surface area contributed by atoms with E-state index in [9.17, 15) is 9.59 Å². The lowest BCUT2D eigenvalue weighted by Gasteiger charge is -2.41. The number of unbranched alkanes of at least 4 members (excludes halogenated alkanes) is 1. The van der Waals surface area contributed by atoms with Crippen molar-refractivity contribution in [3.63, 3.8) is 0 Å². The molecule has 0 unspecified atom stereocenters. The average molecular weight is 578 g/mol. The van der Waals surface area contributed by atoms with Crippen molar-refractivity contribution >= 4 is 22.9 Å². The van der Waals surface area contributed by atoms with E-state index in [1.165, 1.54) is 0 Å². The number of carbonyl (C=O) groups excluding carboxylic acids is 2. The van der Waals surface area contributed by atoms with Gasteiger partial charge in [-0.2, -0.15) is 0 Å². The number of benzene rings is 2. The molecule has 0 N–H and O–H groups in total.